The van der Waals surface area contributed by atoms with Crippen LogP contribution in [0.5, 0.6) is 0 Å². The van der Waals surface area contributed by atoms with Crippen LogP contribution < -0.4 is 0 Å². The number of carbonyl (C=O) groups is 2. The predicted molar refractivity (Wildman–Crippen MR) is 77.5 cm³/mol. The van der Waals surface area contributed by atoms with Gasteiger partial charge in [0.2, 0.25) is 0 Å². The van der Waals surface area contributed by atoms with Gasteiger partial charge in [0.15, 0.2) is 5.78 Å². The molecule has 1 rings (SSSR count). The van der Waals surface area contributed by atoms with E-state index in [2.05, 4.69) is 6.92 Å². The lowest BCUT2D eigenvalue weighted by Gasteiger charge is -2.17. The summed E-state index contributed by atoms with van der Waals surface area (Å²) in [6, 6.07) is 7.38. The highest BCUT2D eigenvalue weighted by atomic mass is 32.2. The molecule has 0 aliphatic carbocycles. The van der Waals surface area contributed by atoms with Crippen molar-refractivity contribution in [3.8, 4) is 0 Å². The van der Waals surface area contributed by atoms with Crippen molar-refractivity contribution in [1.29, 1.82) is 0 Å². The van der Waals surface area contributed by atoms with Gasteiger partial charge in [-0.15, -0.1) is 11.8 Å². The van der Waals surface area contributed by atoms with Gasteiger partial charge in [-0.1, -0.05) is 32.9 Å². The second kappa shape index (κ2) is 7.34. The summed E-state index contributed by atoms with van der Waals surface area (Å²) in [6.45, 7) is 5.78. The van der Waals surface area contributed by atoms with E-state index in [4.69, 9.17) is 4.74 Å². The molecule has 0 heterocycles. The first-order valence-electron chi connectivity index (χ1n) is 6.36. The molecule has 0 fully saturated rings. The Morgan fingerprint density at radius 1 is 1.21 bits per heavy atom. The highest BCUT2D eigenvalue weighted by Crippen LogP contribution is 2.22. The maximum absolute atomic E-state index is 12.3. The Hall–Kier alpha value is -1.29. The number of hydrogen-bond donors (Lipinski definition) is 0. The van der Waals surface area contributed by atoms with Crippen molar-refractivity contribution in [2.75, 3.05) is 12.9 Å². The van der Waals surface area contributed by atoms with Crippen molar-refractivity contribution in [1.82, 2.24) is 0 Å². The van der Waals surface area contributed by atoms with Gasteiger partial charge < -0.3 is 4.74 Å². The van der Waals surface area contributed by atoms with Gasteiger partial charge in [0.1, 0.15) is 5.92 Å². The summed E-state index contributed by atoms with van der Waals surface area (Å²) in [5.74, 6) is -0.453. The Morgan fingerprint density at radius 2 is 1.79 bits per heavy atom. The molecule has 104 valence electrons. The summed E-state index contributed by atoms with van der Waals surface area (Å²) in [5, 5.41) is 0. The number of benzene rings is 1. The lowest BCUT2D eigenvalue weighted by molar-refractivity contribution is -0.144. The van der Waals surface area contributed by atoms with Crippen molar-refractivity contribution in [2.24, 2.45) is 11.8 Å². The van der Waals surface area contributed by atoms with Crippen LogP contribution in [0.3, 0.4) is 0 Å². The van der Waals surface area contributed by atoms with E-state index in [1.54, 1.807) is 23.9 Å². The summed E-state index contributed by atoms with van der Waals surface area (Å²) in [5.41, 5.74) is 0.560. The SMILES string of the molecule is CCSc1ccc(C(=O)C(C(=O)OC)C(C)C)cc1. The molecule has 0 bridgehead atoms. The molecule has 1 unspecified atom stereocenters. The highest BCUT2D eigenvalue weighted by Gasteiger charge is 2.31. The molecular weight excluding hydrogens is 260 g/mol. The molecule has 0 aliphatic heterocycles. The standard InChI is InChI=1S/C15H20O3S/c1-5-19-12-8-6-11(7-9-12)14(16)13(10(2)3)15(17)18-4/h6-10,13H,5H2,1-4H3. The Balaban J connectivity index is 2.93. The van der Waals surface area contributed by atoms with Crippen LogP contribution in [0.25, 0.3) is 0 Å². The van der Waals surface area contributed by atoms with Crippen molar-refractivity contribution in [3.05, 3.63) is 29.8 Å². The first-order valence-corrected chi connectivity index (χ1v) is 7.34. The van der Waals surface area contributed by atoms with E-state index < -0.39 is 11.9 Å². The zero-order chi connectivity index (χ0) is 14.4. The Kier molecular flexibility index (Phi) is 6.09. The molecule has 0 spiro atoms. The summed E-state index contributed by atoms with van der Waals surface area (Å²) in [6.07, 6.45) is 0. The van der Waals surface area contributed by atoms with E-state index in [0.29, 0.717) is 5.56 Å². The molecule has 0 saturated carbocycles. The van der Waals surface area contributed by atoms with E-state index in [1.807, 2.05) is 26.0 Å². The Bertz CT molecular complexity index is 437. The number of esters is 1. The largest absolute Gasteiger partial charge is 0.468 e. The number of methoxy groups -OCH3 is 1. The molecule has 0 radical (unpaired) electrons. The van der Waals surface area contributed by atoms with Gasteiger partial charge in [-0.3, -0.25) is 9.59 Å². The second-order valence-electron chi connectivity index (χ2n) is 4.57. The summed E-state index contributed by atoms with van der Waals surface area (Å²) < 4.78 is 4.71. The second-order valence-corrected chi connectivity index (χ2v) is 5.90. The van der Waals surface area contributed by atoms with Crippen LogP contribution in [0.2, 0.25) is 0 Å². The van der Waals surface area contributed by atoms with Crippen LogP contribution in [-0.2, 0) is 9.53 Å². The van der Waals surface area contributed by atoms with Gasteiger partial charge in [-0.05, 0) is 23.8 Å². The predicted octanol–water partition coefficient (Wildman–Crippen LogP) is 3.43. The van der Waals surface area contributed by atoms with E-state index in [9.17, 15) is 9.59 Å². The van der Waals surface area contributed by atoms with Crippen LogP contribution in [0.15, 0.2) is 29.2 Å². The monoisotopic (exact) mass is 280 g/mol. The summed E-state index contributed by atoms with van der Waals surface area (Å²) in [7, 11) is 1.31. The molecule has 0 N–H and O–H groups in total. The molecule has 19 heavy (non-hydrogen) atoms. The fraction of sp³-hybridized carbons (Fsp3) is 0.467. The van der Waals surface area contributed by atoms with Gasteiger partial charge in [0.25, 0.3) is 0 Å². The van der Waals surface area contributed by atoms with Crippen LogP contribution in [0.4, 0.5) is 0 Å². The first kappa shape index (κ1) is 15.8. The van der Waals surface area contributed by atoms with E-state index in [-0.39, 0.29) is 11.7 Å². The van der Waals surface area contributed by atoms with E-state index in [0.717, 1.165) is 10.6 Å². The minimum absolute atomic E-state index is 0.0790. The molecule has 0 aliphatic rings. The van der Waals surface area contributed by atoms with Crippen LogP contribution >= 0.6 is 11.8 Å². The van der Waals surface area contributed by atoms with Crippen molar-refractivity contribution >= 4 is 23.5 Å². The van der Waals surface area contributed by atoms with Crippen molar-refractivity contribution in [3.63, 3.8) is 0 Å². The third-order valence-corrected chi connectivity index (χ3v) is 3.75. The summed E-state index contributed by atoms with van der Waals surface area (Å²) in [4.78, 5) is 25.2. The number of hydrogen-bond acceptors (Lipinski definition) is 4. The van der Waals surface area contributed by atoms with Crippen LogP contribution in [0.1, 0.15) is 31.1 Å². The molecule has 4 heteroatoms. The minimum atomic E-state index is -0.727. The smallest absolute Gasteiger partial charge is 0.316 e. The average molecular weight is 280 g/mol. The molecule has 0 aromatic heterocycles. The van der Waals surface area contributed by atoms with Gasteiger partial charge >= 0.3 is 5.97 Å². The van der Waals surface area contributed by atoms with Gasteiger partial charge in [0, 0.05) is 10.5 Å². The lowest BCUT2D eigenvalue weighted by atomic mass is 9.88. The van der Waals surface area contributed by atoms with Crippen LogP contribution in [-0.4, -0.2) is 24.6 Å². The molecule has 0 saturated heterocycles. The molecule has 1 aromatic rings. The maximum Gasteiger partial charge on any atom is 0.316 e. The number of Topliss-reactive ketones (excluding diaryl/α,β-unsaturated/α-hetero) is 1. The first-order chi connectivity index (χ1) is 9.01. The van der Waals surface area contributed by atoms with Crippen molar-refractivity contribution < 1.29 is 14.3 Å². The molecule has 0 amide bonds. The average Bonchev–Trinajstić information content (AvgIpc) is 2.39. The highest BCUT2D eigenvalue weighted by molar-refractivity contribution is 7.99. The topological polar surface area (TPSA) is 43.4 Å². The zero-order valence-corrected chi connectivity index (χ0v) is 12.6. The lowest BCUT2D eigenvalue weighted by Crippen LogP contribution is -2.30. The van der Waals surface area contributed by atoms with E-state index >= 15 is 0 Å². The van der Waals surface area contributed by atoms with Gasteiger partial charge in [-0.25, -0.2) is 0 Å². The number of carbonyl (C=O) groups excluding carboxylic acids is 2. The van der Waals surface area contributed by atoms with Gasteiger partial charge in [-0.2, -0.15) is 0 Å². The third kappa shape index (κ3) is 4.10. The molecule has 3 nitrogen and oxygen atoms in total. The maximum atomic E-state index is 12.3. The molecule has 1 atom stereocenters. The normalized spacial score (nSPS) is 12.3. The number of rotatable bonds is 6. The van der Waals surface area contributed by atoms with Crippen LogP contribution in [0, 0.1) is 11.8 Å². The molecule has 1 aromatic carbocycles. The fourth-order valence-corrected chi connectivity index (χ4v) is 2.53. The fourth-order valence-electron chi connectivity index (χ4n) is 1.87. The number of ether oxygens (including phenoxy) is 1. The third-order valence-electron chi connectivity index (χ3n) is 2.85. The molecular formula is C15H20O3S. The Labute approximate surface area is 118 Å². The van der Waals surface area contributed by atoms with Gasteiger partial charge in [0.05, 0.1) is 7.11 Å². The minimum Gasteiger partial charge on any atom is -0.468 e. The number of ketones is 1. The van der Waals surface area contributed by atoms with E-state index in [1.165, 1.54) is 7.11 Å². The quantitative estimate of drug-likeness (QED) is 0.346. The van der Waals surface area contributed by atoms with Crippen molar-refractivity contribution in [2.45, 2.75) is 25.7 Å². The Morgan fingerprint density at radius 3 is 2.21 bits per heavy atom. The zero-order valence-electron chi connectivity index (χ0n) is 11.8. The number of thioether (sulfide) groups is 1. The summed E-state index contributed by atoms with van der Waals surface area (Å²) >= 11 is 1.72.